The summed E-state index contributed by atoms with van der Waals surface area (Å²) in [5.41, 5.74) is 1.01. The minimum absolute atomic E-state index is 0.222. The van der Waals surface area contributed by atoms with Crippen LogP contribution in [0.15, 0.2) is 50.7 Å². The molecule has 0 unspecified atom stereocenters. The zero-order chi connectivity index (χ0) is 18.1. The van der Waals surface area contributed by atoms with Crippen LogP contribution in [0.4, 0.5) is 10.1 Å². The van der Waals surface area contributed by atoms with Crippen LogP contribution in [0, 0.1) is 12.7 Å². The van der Waals surface area contributed by atoms with Crippen LogP contribution in [0.2, 0.25) is 0 Å². The molecule has 0 spiro atoms. The second-order valence-electron chi connectivity index (χ2n) is 6.21. The predicted octanol–water partition coefficient (Wildman–Crippen LogP) is 3.52. The first-order chi connectivity index (χ1) is 12.6. The highest BCUT2D eigenvalue weighted by atomic mass is 32.2. The van der Waals surface area contributed by atoms with Crippen molar-refractivity contribution in [3.8, 4) is 0 Å². The molecule has 1 saturated heterocycles. The molecule has 26 heavy (non-hydrogen) atoms. The number of anilines is 1. The van der Waals surface area contributed by atoms with Crippen LogP contribution in [-0.2, 0) is 4.79 Å². The topological polar surface area (TPSA) is 49.0 Å². The summed E-state index contributed by atoms with van der Waals surface area (Å²) in [5, 5.41) is 0.739. The monoisotopic (exact) mass is 371 g/mol. The molecule has 2 aliphatic heterocycles. The molecular weight excluding hydrogens is 353 g/mol. The standard InChI is InChI=1S/C19H18FN3O2S/c1-13-2-7-16(25-13)12-17-18(24)21-19(26-17)23-10-8-22(9-11-23)15-5-3-14(20)4-6-15/h2-7,12H,8-11H2,1H3/b17-12+. The number of amides is 1. The third kappa shape index (κ3) is 3.53. The summed E-state index contributed by atoms with van der Waals surface area (Å²) >= 11 is 1.39. The molecule has 5 nitrogen and oxygen atoms in total. The van der Waals surface area contributed by atoms with Gasteiger partial charge in [-0.3, -0.25) is 4.79 Å². The fourth-order valence-electron chi connectivity index (χ4n) is 3.00. The molecule has 4 rings (SSSR count). The minimum atomic E-state index is -0.228. The number of furan rings is 1. The van der Waals surface area contributed by atoms with Crippen molar-refractivity contribution in [2.45, 2.75) is 6.92 Å². The Hall–Kier alpha value is -2.54. The van der Waals surface area contributed by atoms with Crippen LogP contribution in [0.5, 0.6) is 0 Å². The maximum atomic E-state index is 13.1. The number of amidine groups is 1. The highest BCUT2D eigenvalue weighted by Gasteiger charge is 2.28. The number of aryl methyl sites for hydroxylation is 1. The molecule has 0 bridgehead atoms. The number of piperazine rings is 1. The highest BCUT2D eigenvalue weighted by molar-refractivity contribution is 8.18. The van der Waals surface area contributed by atoms with E-state index in [1.807, 2.05) is 19.1 Å². The van der Waals surface area contributed by atoms with Crippen molar-refractivity contribution >= 4 is 34.6 Å². The summed E-state index contributed by atoms with van der Waals surface area (Å²) in [6, 6.07) is 10.3. The van der Waals surface area contributed by atoms with E-state index in [4.69, 9.17) is 4.42 Å². The third-order valence-electron chi connectivity index (χ3n) is 4.39. The van der Waals surface area contributed by atoms with Crippen LogP contribution in [-0.4, -0.2) is 42.2 Å². The van der Waals surface area contributed by atoms with Gasteiger partial charge in [0.05, 0.1) is 4.91 Å². The van der Waals surface area contributed by atoms with Gasteiger partial charge in [-0.25, -0.2) is 4.39 Å². The van der Waals surface area contributed by atoms with Gasteiger partial charge < -0.3 is 14.2 Å². The SMILES string of the molecule is Cc1ccc(/C=C2/SC(N3CCN(c4ccc(F)cc4)CC3)=NC2=O)o1. The Kier molecular flexibility index (Phi) is 4.55. The van der Waals surface area contributed by atoms with Crippen molar-refractivity contribution in [1.82, 2.24) is 4.90 Å². The highest BCUT2D eigenvalue weighted by Crippen LogP contribution is 2.31. The van der Waals surface area contributed by atoms with E-state index in [0.717, 1.165) is 42.8 Å². The van der Waals surface area contributed by atoms with Gasteiger partial charge in [-0.1, -0.05) is 0 Å². The van der Waals surface area contributed by atoms with Crippen molar-refractivity contribution in [2.24, 2.45) is 4.99 Å². The normalized spacial score (nSPS) is 19.4. The Morgan fingerprint density at radius 1 is 1.08 bits per heavy atom. The number of rotatable bonds is 2. The fourth-order valence-corrected chi connectivity index (χ4v) is 3.95. The van der Waals surface area contributed by atoms with Gasteiger partial charge in [0.2, 0.25) is 0 Å². The van der Waals surface area contributed by atoms with Crippen molar-refractivity contribution in [3.05, 3.63) is 58.6 Å². The number of hydrogen-bond acceptors (Lipinski definition) is 5. The lowest BCUT2D eigenvalue weighted by Gasteiger charge is -2.36. The molecule has 0 saturated carbocycles. The van der Waals surface area contributed by atoms with Gasteiger partial charge in [0.25, 0.3) is 5.91 Å². The molecule has 3 heterocycles. The number of benzene rings is 1. The van der Waals surface area contributed by atoms with Crippen LogP contribution in [0.1, 0.15) is 11.5 Å². The molecule has 1 fully saturated rings. The molecule has 0 atom stereocenters. The number of hydrogen-bond donors (Lipinski definition) is 0. The summed E-state index contributed by atoms with van der Waals surface area (Å²) in [6.07, 6.45) is 1.74. The number of carbonyl (C=O) groups is 1. The smallest absolute Gasteiger partial charge is 0.286 e. The number of thioether (sulfide) groups is 1. The molecule has 0 radical (unpaired) electrons. The minimum Gasteiger partial charge on any atom is -0.462 e. The van der Waals surface area contributed by atoms with E-state index in [-0.39, 0.29) is 11.7 Å². The number of halogens is 1. The molecule has 1 amide bonds. The summed E-state index contributed by atoms with van der Waals surface area (Å²) in [5.74, 6) is 1.02. The fraction of sp³-hybridized carbons (Fsp3) is 0.263. The predicted molar refractivity (Wildman–Crippen MR) is 102 cm³/mol. The van der Waals surface area contributed by atoms with Gasteiger partial charge in [0.1, 0.15) is 17.3 Å². The van der Waals surface area contributed by atoms with E-state index in [9.17, 15) is 9.18 Å². The molecule has 1 aromatic heterocycles. The van der Waals surface area contributed by atoms with E-state index >= 15 is 0 Å². The Morgan fingerprint density at radius 3 is 2.42 bits per heavy atom. The molecule has 1 aromatic carbocycles. The number of carbonyl (C=O) groups excluding carboxylic acids is 1. The molecule has 7 heteroatoms. The van der Waals surface area contributed by atoms with Crippen LogP contribution < -0.4 is 4.90 Å². The zero-order valence-electron chi connectivity index (χ0n) is 14.3. The summed E-state index contributed by atoms with van der Waals surface area (Å²) in [4.78, 5) is 21.3. The van der Waals surface area contributed by atoms with Crippen molar-refractivity contribution in [2.75, 3.05) is 31.1 Å². The molecule has 2 aliphatic rings. The van der Waals surface area contributed by atoms with E-state index < -0.39 is 0 Å². The van der Waals surface area contributed by atoms with E-state index in [0.29, 0.717) is 10.7 Å². The van der Waals surface area contributed by atoms with E-state index in [1.54, 1.807) is 18.2 Å². The Morgan fingerprint density at radius 2 is 1.77 bits per heavy atom. The largest absolute Gasteiger partial charge is 0.462 e. The maximum absolute atomic E-state index is 13.1. The molecular formula is C19H18FN3O2S. The van der Waals surface area contributed by atoms with Gasteiger partial charge >= 0.3 is 0 Å². The number of nitrogens with zero attached hydrogens (tertiary/aromatic N) is 3. The van der Waals surface area contributed by atoms with Crippen LogP contribution in [0.3, 0.4) is 0 Å². The van der Waals surface area contributed by atoms with Crippen molar-refractivity contribution < 1.29 is 13.6 Å². The van der Waals surface area contributed by atoms with Gasteiger partial charge in [-0.05, 0) is 55.1 Å². The van der Waals surface area contributed by atoms with Crippen LogP contribution in [0.25, 0.3) is 6.08 Å². The molecule has 0 aliphatic carbocycles. The average Bonchev–Trinajstić information content (AvgIpc) is 3.22. The van der Waals surface area contributed by atoms with E-state index in [2.05, 4.69) is 14.8 Å². The zero-order valence-corrected chi connectivity index (χ0v) is 15.1. The Labute approximate surface area is 155 Å². The number of aliphatic imine (C=N–C) groups is 1. The second-order valence-corrected chi connectivity index (χ2v) is 7.22. The third-order valence-corrected chi connectivity index (χ3v) is 5.43. The second kappa shape index (κ2) is 6.99. The van der Waals surface area contributed by atoms with Gasteiger partial charge in [-0.2, -0.15) is 4.99 Å². The summed E-state index contributed by atoms with van der Waals surface area (Å²) in [7, 11) is 0. The van der Waals surface area contributed by atoms with Crippen molar-refractivity contribution in [1.29, 1.82) is 0 Å². The lowest BCUT2D eigenvalue weighted by molar-refractivity contribution is -0.113. The van der Waals surface area contributed by atoms with Crippen molar-refractivity contribution in [3.63, 3.8) is 0 Å². The molecule has 2 aromatic rings. The first-order valence-corrected chi connectivity index (χ1v) is 9.24. The molecule has 134 valence electrons. The quantitative estimate of drug-likeness (QED) is 0.756. The van der Waals surface area contributed by atoms with Gasteiger partial charge in [0, 0.05) is 37.9 Å². The van der Waals surface area contributed by atoms with Gasteiger partial charge in [0.15, 0.2) is 5.17 Å². The Bertz CT molecular complexity index is 880. The lowest BCUT2D eigenvalue weighted by Crippen LogP contribution is -2.47. The summed E-state index contributed by atoms with van der Waals surface area (Å²) in [6.45, 7) is 5.01. The van der Waals surface area contributed by atoms with E-state index in [1.165, 1.54) is 23.9 Å². The first kappa shape index (κ1) is 16.9. The van der Waals surface area contributed by atoms with Crippen LogP contribution >= 0.6 is 11.8 Å². The molecule has 0 N–H and O–H groups in total. The maximum Gasteiger partial charge on any atom is 0.286 e. The average molecular weight is 371 g/mol. The summed E-state index contributed by atoms with van der Waals surface area (Å²) < 4.78 is 18.6. The first-order valence-electron chi connectivity index (χ1n) is 8.43. The lowest BCUT2D eigenvalue weighted by atomic mass is 10.2. The Balaban J connectivity index is 1.39. The van der Waals surface area contributed by atoms with Gasteiger partial charge in [-0.15, -0.1) is 0 Å².